The molecule has 0 aliphatic heterocycles. The fraction of sp³-hybridized carbons (Fsp3) is 0.179. The predicted molar refractivity (Wildman–Crippen MR) is 137 cm³/mol. The lowest BCUT2D eigenvalue weighted by atomic mass is 9.93. The topological polar surface area (TPSA) is 58.6 Å². The Hall–Kier alpha value is -3.34. The Morgan fingerprint density at radius 1 is 1.00 bits per heavy atom. The van der Waals surface area contributed by atoms with E-state index in [-0.39, 0.29) is 18.4 Å². The second-order valence-electron chi connectivity index (χ2n) is 8.08. The molecule has 0 saturated carbocycles. The van der Waals surface area contributed by atoms with Gasteiger partial charge in [0.2, 0.25) is 0 Å². The van der Waals surface area contributed by atoms with Gasteiger partial charge in [0, 0.05) is 12.6 Å². The lowest BCUT2D eigenvalue weighted by molar-refractivity contribution is 0.0696. The molecule has 4 rings (SSSR count). The summed E-state index contributed by atoms with van der Waals surface area (Å²) < 4.78 is 5.35. The molecular weight excluding hydrogens is 434 g/mol. The number of hydrogen-bond acceptors (Lipinski definition) is 3. The summed E-state index contributed by atoms with van der Waals surface area (Å²) >= 11 is 0. The molecule has 0 heterocycles. The third-order valence-corrected chi connectivity index (χ3v) is 5.91. The average Bonchev–Trinajstić information content (AvgIpc) is 2.82. The van der Waals surface area contributed by atoms with Gasteiger partial charge in [0.15, 0.2) is 0 Å². The maximum absolute atomic E-state index is 11.7. The number of benzene rings is 4. The zero-order chi connectivity index (χ0) is 22.7. The number of nitrogens with one attached hydrogen (secondary N) is 1. The molecule has 5 heteroatoms. The van der Waals surface area contributed by atoms with E-state index in [1.54, 1.807) is 13.2 Å². The molecule has 0 fully saturated rings. The van der Waals surface area contributed by atoms with E-state index in [9.17, 15) is 9.90 Å². The number of fused-ring (bicyclic) bond motifs is 1. The van der Waals surface area contributed by atoms with Gasteiger partial charge in [-0.2, -0.15) is 0 Å². The molecule has 0 aromatic heterocycles. The van der Waals surface area contributed by atoms with E-state index in [4.69, 9.17) is 4.74 Å². The fourth-order valence-corrected chi connectivity index (χ4v) is 4.03. The van der Waals surface area contributed by atoms with Crippen molar-refractivity contribution in [3.05, 3.63) is 101 Å². The number of carboxylic acid groups (broad SMARTS) is 1. The highest BCUT2D eigenvalue weighted by Crippen LogP contribution is 2.32. The van der Waals surface area contributed by atoms with E-state index in [0.717, 1.165) is 44.3 Å². The third-order valence-electron chi connectivity index (χ3n) is 5.91. The van der Waals surface area contributed by atoms with Crippen molar-refractivity contribution in [1.29, 1.82) is 0 Å². The normalized spacial score (nSPS) is 11.6. The van der Waals surface area contributed by atoms with E-state index < -0.39 is 5.97 Å². The van der Waals surface area contributed by atoms with E-state index in [0.29, 0.717) is 12.1 Å². The Morgan fingerprint density at radius 3 is 2.55 bits per heavy atom. The summed E-state index contributed by atoms with van der Waals surface area (Å²) in [7, 11) is 1.68. The smallest absolute Gasteiger partial charge is 0.335 e. The minimum Gasteiger partial charge on any atom is -0.497 e. The first kappa shape index (κ1) is 24.3. The van der Waals surface area contributed by atoms with Crippen LogP contribution in [0.5, 0.6) is 5.75 Å². The van der Waals surface area contributed by atoms with Gasteiger partial charge in [0.25, 0.3) is 0 Å². The number of ether oxygens (including phenoxy) is 1. The Morgan fingerprint density at radius 2 is 1.79 bits per heavy atom. The summed E-state index contributed by atoms with van der Waals surface area (Å²) in [4.78, 5) is 11.7. The van der Waals surface area contributed by atoms with Crippen LogP contribution in [0.2, 0.25) is 0 Å². The first-order chi connectivity index (χ1) is 15.5. The second kappa shape index (κ2) is 10.5. The maximum atomic E-state index is 11.7. The van der Waals surface area contributed by atoms with Crippen LogP contribution in [0.15, 0.2) is 78.9 Å². The lowest BCUT2D eigenvalue weighted by Crippen LogP contribution is -2.18. The summed E-state index contributed by atoms with van der Waals surface area (Å²) in [5.74, 6) is -0.0589. The number of aryl methyl sites for hydroxylation is 1. The number of carboxylic acids is 1. The van der Waals surface area contributed by atoms with Gasteiger partial charge >= 0.3 is 5.97 Å². The van der Waals surface area contributed by atoms with Gasteiger partial charge in [0.05, 0.1) is 12.7 Å². The molecule has 4 aromatic carbocycles. The maximum Gasteiger partial charge on any atom is 0.335 e. The summed E-state index contributed by atoms with van der Waals surface area (Å²) in [6.07, 6.45) is 0. The van der Waals surface area contributed by atoms with Crippen LogP contribution in [0, 0.1) is 6.92 Å². The Kier molecular flexibility index (Phi) is 7.75. The van der Waals surface area contributed by atoms with Crippen molar-refractivity contribution in [3.63, 3.8) is 0 Å². The Balaban J connectivity index is 0.00000306. The fourth-order valence-electron chi connectivity index (χ4n) is 4.03. The van der Waals surface area contributed by atoms with Gasteiger partial charge < -0.3 is 15.2 Å². The molecule has 0 bridgehead atoms. The molecule has 0 aliphatic carbocycles. The van der Waals surface area contributed by atoms with Crippen molar-refractivity contribution in [2.24, 2.45) is 0 Å². The standard InChI is InChI=1S/C28H27NO3.ClH/c1-18-11-12-23(16-26(18)28(30)31)27-14-20(13-22-7-4-5-10-25(22)27)17-29-19(2)21-8-6-9-24(15-21)32-3;/h4-16,19,29H,17H2,1-3H3,(H,30,31);1H. The molecular formula is C28H28ClNO3. The summed E-state index contributed by atoms with van der Waals surface area (Å²) in [5, 5.41) is 15.4. The molecule has 1 atom stereocenters. The number of hydrogen-bond donors (Lipinski definition) is 2. The van der Waals surface area contributed by atoms with Gasteiger partial charge in [-0.15, -0.1) is 12.4 Å². The largest absolute Gasteiger partial charge is 0.497 e. The minimum atomic E-state index is -0.904. The number of carbonyl (C=O) groups is 1. The highest BCUT2D eigenvalue weighted by atomic mass is 35.5. The SMILES string of the molecule is COc1cccc(C(C)NCc2cc(-c3ccc(C)c(C(=O)O)c3)c3ccccc3c2)c1.Cl. The molecule has 4 aromatic rings. The molecule has 4 nitrogen and oxygen atoms in total. The van der Waals surface area contributed by atoms with Crippen molar-refractivity contribution in [3.8, 4) is 16.9 Å². The van der Waals surface area contributed by atoms with E-state index in [1.807, 2.05) is 49.4 Å². The number of halogens is 1. The molecule has 0 aliphatic rings. The zero-order valence-electron chi connectivity index (χ0n) is 19.0. The van der Waals surface area contributed by atoms with Gasteiger partial charge in [0.1, 0.15) is 5.75 Å². The van der Waals surface area contributed by atoms with E-state index >= 15 is 0 Å². The van der Waals surface area contributed by atoms with Gasteiger partial charge in [-0.3, -0.25) is 0 Å². The Labute approximate surface area is 200 Å². The molecule has 1 unspecified atom stereocenters. The monoisotopic (exact) mass is 461 g/mol. The highest BCUT2D eigenvalue weighted by Gasteiger charge is 2.13. The van der Waals surface area contributed by atoms with Gasteiger partial charge in [-0.1, -0.05) is 48.5 Å². The highest BCUT2D eigenvalue weighted by molar-refractivity contribution is 5.99. The lowest BCUT2D eigenvalue weighted by Gasteiger charge is -2.17. The van der Waals surface area contributed by atoms with Crippen molar-refractivity contribution in [1.82, 2.24) is 5.32 Å². The van der Waals surface area contributed by atoms with E-state index in [1.165, 1.54) is 0 Å². The van der Waals surface area contributed by atoms with Crippen LogP contribution in [-0.2, 0) is 6.54 Å². The van der Waals surface area contributed by atoms with Crippen LogP contribution in [0.3, 0.4) is 0 Å². The molecule has 0 amide bonds. The van der Waals surface area contributed by atoms with Crippen LogP contribution >= 0.6 is 12.4 Å². The molecule has 0 radical (unpaired) electrons. The second-order valence-corrected chi connectivity index (χ2v) is 8.08. The van der Waals surface area contributed by atoms with Crippen molar-refractivity contribution < 1.29 is 14.6 Å². The van der Waals surface area contributed by atoms with Crippen molar-refractivity contribution >= 4 is 29.1 Å². The van der Waals surface area contributed by atoms with Crippen LogP contribution in [0.4, 0.5) is 0 Å². The zero-order valence-corrected chi connectivity index (χ0v) is 19.8. The summed E-state index contributed by atoms with van der Waals surface area (Å²) in [5.41, 5.74) is 5.35. The molecule has 0 saturated heterocycles. The quantitative estimate of drug-likeness (QED) is 0.318. The van der Waals surface area contributed by atoms with E-state index in [2.05, 4.69) is 42.6 Å². The Bertz CT molecular complexity index is 1290. The van der Waals surface area contributed by atoms with Crippen molar-refractivity contribution in [2.75, 3.05) is 7.11 Å². The van der Waals surface area contributed by atoms with Crippen LogP contribution < -0.4 is 10.1 Å². The van der Waals surface area contributed by atoms with Crippen molar-refractivity contribution in [2.45, 2.75) is 26.4 Å². The van der Waals surface area contributed by atoms with Crippen LogP contribution in [0.25, 0.3) is 21.9 Å². The third kappa shape index (κ3) is 5.36. The molecule has 33 heavy (non-hydrogen) atoms. The molecule has 2 N–H and O–H groups in total. The first-order valence-electron chi connectivity index (χ1n) is 10.7. The number of aromatic carboxylic acids is 1. The first-order valence-corrected chi connectivity index (χ1v) is 10.7. The molecule has 0 spiro atoms. The van der Waals surface area contributed by atoms with Gasteiger partial charge in [-0.05, 0) is 82.8 Å². The average molecular weight is 462 g/mol. The summed E-state index contributed by atoms with van der Waals surface area (Å²) in [6.45, 7) is 4.65. The minimum absolute atomic E-state index is 0. The molecule has 170 valence electrons. The number of rotatable bonds is 7. The van der Waals surface area contributed by atoms with Crippen LogP contribution in [-0.4, -0.2) is 18.2 Å². The predicted octanol–water partition coefficient (Wildman–Crippen LogP) is 6.79. The number of methoxy groups -OCH3 is 1. The summed E-state index contributed by atoms with van der Waals surface area (Å²) in [6, 6.07) is 26.4. The van der Waals surface area contributed by atoms with Crippen LogP contribution in [0.1, 0.15) is 40.0 Å². The van der Waals surface area contributed by atoms with Gasteiger partial charge in [-0.25, -0.2) is 4.79 Å².